The Morgan fingerprint density at radius 3 is 2.38 bits per heavy atom. The molecule has 0 aliphatic heterocycles. The largest absolute Gasteiger partial charge is 0.399 e. The Morgan fingerprint density at radius 1 is 1.31 bits per heavy atom. The SMILES string of the molecule is CCC(C)C(=O)NC(C)c1ccc(N)cc1. The van der Waals surface area contributed by atoms with Crippen LogP contribution in [0.5, 0.6) is 0 Å². The molecule has 1 aromatic carbocycles. The second-order valence-corrected chi connectivity index (χ2v) is 4.21. The maximum absolute atomic E-state index is 11.7. The van der Waals surface area contributed by atoms with Crippen LogP contribution in [0.15, 0.2) is 24.3 Å². The third-order valence-electron chi connectivity index (χ3n) is 2.86. The van der Waals surface area contributed by atoms with Gasteiger partial charge in [0, 0.05) is 11.6 Å². The number of carbonyl (C=O) groups excluding carboxylic acids is 1. The lowest BCUT2D eigenvalue weighted by molar-refractivity contribution is -0.125. The molecule has 2 unspecified atom stereocenters. The molecule has 2 atom stereocenters. The summed E-state index contributed by atoms with van der Waals surface area (Å²) in [6, 6.07) is 7.61. The van der Waals surface area contributed by atoms with E-state index in [-0.39, 0.29) is 17.9 Å². The molecule has 0 bridgehead atoms. The highest BCUT2D eigenvalue weighted by molar-refractivity contribution is 5.78. The van der Waals surface area contributed by atoms with Crippen LogP contribution in [0.2, 0.25) is 0 Å². The number of rotatable bonds is 4. The minimum atomic E-state index is 0.0297. The van der Waals surface area contributed by atoms with Gasteiger partial charge in [-0.1, -0.05) is 26.0 Å². The van der Waals surface area contributed by atoms with E-state index in [4.69, 9.17) is 5.73 Å². The zero-order valence-corrected chi connectivity index (χ0v) is 10.2. The number of amides is 1. The van der Waals surface area contributed by atoms with Crippen molar-refractivity contribution in [2.75, 3.05) is 5.73 Å². The van der Waals surface area contributed by atoms with Gasteiger partial charge < -0.3 is 11.1 Å². The first-order chi connectivity index (χ1) is 7.54. The number of benzene rings is 1. The predicted octanol–water partition coefficient (Wildman–Crippen LogP) is 2.49. The Morgan fingerprint density at radius 2 is 1.88 bits per heavy atom. The fourth-order valence-electron chi connectivity index (χ4n) is 1.41. The predicted molar refractivity (Wildman–Crippen MR) is 66.9 cm³/mol. The molecule has 0 aromatic heterocycles. The number of hydrogen-bond donors (Lipinski definition) is 2. The van der Waals surface area contributed by atoms with Crippen LogP contribution in [-0.2, 0) is 4.79 Å². The van der Waals surface area contributed by atoms with E-state index in [0.717, 1.165) is 17.7 Å². The van der Waals surface area contributed by atoms with Gasteiger partial charge in [0.1, 0.15) is 0 Å². The monoisotopic (exact) mass is 220 g/mol. The first-order valence-electron chi connectivity index (χ1n) is 5.70. The van der Waals surface area contributed by atoms with Crippen molar-refractivity contribution in [1.29, 1.82) is 0 Å². The molecule has 1 rings (SSSR count). The van der Waals surface area contributed by atoms with Crippen LogP contribution in [0.1, 0.15) is 38.8 Å². The average Bonchev–Trinajstić information content (AvgIpc) is 2.28. The van der Waals surface area contributed by atoms with E-state index in [1.54, 1.807) is 0 Å². The minimum Gasteiger partial charge on any atom is -0.399 e. The maximum atomic E-state index is 11.7. The third-order valence-corrected chi connectivity index (χ3v) is 2.86. The summed E-state index contributed by atoms with van der Waals surface area (Å²) in [6.07, 6.45) is 0.861. The van der Waals surface area contributed by atoms with Crippen LogP contribution in [0, 0.1) is 5.92 Å². The van der Waals surface area contributed by atoms with Crippen molar-refractivity contribution < 1.29 is 4.79 Å². The van der Waals surface area contributed by atoms with Gasteiger partial charge in [-0.2, -0.15) is 0 Å². The smallest absolute Gasteiger partial charge is 0.223 e. The van der Waals surface area contributed by atoms with Crippen molar-refractivity contribution in [3.63, 3.8) is 0 Å². The molecule has 0 saturated heterocycles. The second kappa shape index (κ2) is 5.54. The first kappa shape index (κ1) is 12.6. The maximum Gasteiger partial charge on any atom is 0.223 e. The molecule has 0 aliphatic rings. The Labute approximate surface area is 97.0 Å². The fourth-order valence-corrected chi connectivity index (χ4v) is 1.41. The lowest BCUT2D eigenvalue weighted by Crippen LogP contribution is -2.31. The number of anilines is 1. The molecule has 0 heterocycles. The van der Waals surface area contributed by atoms with Crippen molar-refractivity contribution in [3.05, 3.63) is 29.8 Å². The van der Waals surface area contributed by atoms with Gasteiger partial charge in [0.15, 0.2) is 0 Å². The summed E-state index contributed by atoms with van der Waals surface area (Å²) < 4.78 is 0. The molecule has 88 valence electrons. The van der Waals surface area contributed by atoms with Crippen molar-refractivity contribution in [3.8, 4) is 0 Å². The topological polar surface area (TPSA) is 55.1 Å². The number of nitrogens with one attached hydrogen (secondary N) is 1. The van der Waals surface area contributed by atoms with Crippen molar-refractivity contribution in [2.24, 2.45) is 5.92 Å². The van der Waals surface area contributed by atoms with Gasteiger partial charge in [-0.3, -0.25) is 4.79 Å². The van der Waals surface area contributed by atoms with Crippen LogP contribution in [0.25, 0.3) is 0 Å². The van der Waals surface area contributed by atoms with Crippen LogP contribution in [0.3, 0.4) is 0 Å². The van der Waals surface area contributed by atoms with E-state index in [0.29, 0.717) is 0 Å². The molecular weight excluding hydrogens is 200 g/mol. The van der Waals surface area contributed by atoms with Crippen molar-refractivity contribution in [1.82, 2.24) is 5.32 Å². The molecule has 16 heavy (non-hydrogen) atoms. The molecule has 3 nitrogen and oxygen atoms in total. The Hall–Kier alpha value is -1.51. The van der Waals surface area contributed by atoms with E-state index < -0.39 is 0 Å². The summed E-state index contributed by atoms with van der Waals surface area (Å²) in [6.45, 7) is 5.93. The molecule has 0 saturated carbocycles. The number of carbonyl (C=O) groups is 1. The highest BCUT2D eigenvalue weighted by Gasteiger charge is 2.14. The normalized spacial score (nSPS) is 14.2. The number of hydrogen-bond acceptors (Lipinski definition) is 2. The van der Waals surface area contributed by atoms with E-state index in [1.165, 1.54) is 0 Å². The van der Waals surface area contributed by atoms with Crippen LogP contribution in [0.4, 0.5) is 5.69 Å². The Balaban J connectivity index is 2.62. The third kappa shape index (κ3) is 3.26. The minimum absolute atomic E-state index is 0.0297. The van der Waals surface area contributed by atoms with Gasteiger partial charge in [0.05, 0.1) is 6.04 Å². The van der Waals surface area contributed by atoms with Gasteiger partial charge >= 0.3 is 0 Å². The quantitative estimate of drug-likeness (QED) is 0.766. The molecule has 0 radical (unpaired) electrons. The first-order valence-corrected chi connectivity index (χ1v) is 5.70. The molecule has 3 N–H and O–H groups in total. The van der Waals surface area contributed by atoms with E-state index >= 15 is 0 Å². The lowest BCUT2D eigenvalue weighted by atomic mass is 10.1. The van der Waals surface area contributed by atoms with Crippen LogP contribution in [-0.4, -0.2) is 5.91 Å². The molecular formula is C13H20N2O. The van der Waals surface area contributed by atoms with Crippen molar-refractivity contribution in [2.45, 2.75) is 33.2 Å². The zero-order chi connectivity index (χ0) is 12.1. The highest BCUT2D eigenvalue weighted by Crippen LogP contribution is 2.15. The van der Waals surface area contributed by atoms with Gasteiger partial charge in [-0.25, -0.2) is 0 Å². The Bertz CT molecular complexity index is 345. The fraction of sp³-hybridized carbons (Fsp3) is 0.462. The lowest BCUT2D eigenvalue weighted by Gasteiger charge is -2.17. The summed E-state index contributed by atoms with van der Waals surface area (Å²) in [4.78, 5) is 11.7. The Kier molecular flexibility index (Phi) is 4.35. The van der Waals surface area contributed by atoms with E-state index in [9.17, 15) is 4.79 Å². The summed E-state index contributed by atoms with van der Waals surface area (Å²) in [7, 11) is 0. The van der Waals surface area contributed by atoms with Gasteiger partial charge in [-0.15, -0.1) is 0 Å². The summed E-state index contributed by atoms with van der Waals surface area (Å²) >= 11 is 0. The second-order valence-electron chi connectivity index (χ2n) is 4.21. The summed E-state index contributed by atoms with van der Waals surface area (Å²) in [5.41, 5.74) is 7.43. The molecule has 0 fully saturated rings. The molecule has 0 spiro atoms. The van der Waals surface area contributed by atoms with Gasteiger partial charge in [0.25, 0.3) is 0 Å². The van der Waals surface area contributed by atoms with Crippen LogP contribution >= 0.6 is 0 Å². The van der Waals surface area contributed by atoms with E-state index in [2.05, 4.69) is 5.32 Å². The molecule has 1 amide bonds. The summed E-state index contributed by atoms with van der Waals surface area (Å²) in [5, 5.41) is 2.99. The summed E-state index contributed by atoms with van der Waals surface area (Å²) in [5.74, 6) is 0.169. The standard InChI is InChI=1S/C13H20N2O/c1-4-9(2)13(16)15-10(3)11-5-7-12(14)8-6-11/h5-10H,4,14H2,1-3H3,(H,15,16). The number of nitrogen functional groups attached to an aromatic ring is 1. The van der Waals surface area contributed by atoms with E-state index in [1.807, 2.05) is 45.0 Å². The van der Waals surface area contributed by atoms with Crippen LogP contribution < -0.4 is 11.1 Å². The van der Waals surface area contributed by atoms with Crippen molar-refractivity contribution >= 4 is 11.6 Å². The molecule has 3 heteroatoms. The average molecular weight is 220 g/mol. The zero-order valence-electron chi connectivity index (χ0n) is 10.2. The molecule has 1 aromatic rings. The van der Waals surface area contributed by atoms with Gasteiger partial charge in [-0.05, 0) is 31.0 Å². The molecule has 0 aliphatic carbocycles. The number of nitrogens with two attached hydrogens (primary N) is 1. The highest BCUT2D eigenvalue weighted by atomic mass is 16.1. The van der Waals surface area contributed by atoms with Gasteiger partial charge in [0.2, 0.25) is 5.91 Å².